The Morgan fingerprint density at radius 3 is 2.56 bits per heavy atom. The maximum Gasteiger partial charge on any atom is 0.408 e. The van der Waals surface area contributed by atoms with E-state index >= 15 is 0 Å². The van der Waals surface area contributed by atoms with Crippen LogP contribution < -0.4 is 10.5 Å². The number of nitrogens with two attached hydrogens (primary N) is 1. The number of nitrogens with zero attached hydrogens (tertiary/aromatic N) is 5. The minimum atomic E-state index is -4.49. The van der Waals surface area contributed by atoms with Gasteiger partial charge in [-0.25, -0.2) is 9.37 Å². The number of fused-ring (bicyclic) bond motifs is 2. The van der Waals surface area contributed by atoms with Crippen molar-refractivity contribution in [3.63, 3.8) is 0 Å². The average Bonchev–Trinajstić information content (AvgIpc) is 3.47. The van der Waals surface area contributed by atoms with Gasteiger partial charge in [-0.2, -0.15) is 13.2 Å². The van der Waals surface area contributed by atoms with E-state index in [0.29, 0.717) is 28.7 Å². The van der Waals surface area contributed by atoms with E-state index in [-0.39, 0.29) is 73.8 Å². The van der Waals surface area contributed by atoms with Gasteiger partial charge >= 0.3 is 6.18 Å². The first-order chi connectivity index (χ1) is 17.6. The summed E-state index contributed by atoms with van der Waals surface area (Å²) >= 11 is 0. The normalized spacial score (nSPS) is 17.6. The molecule has 1 aliphatic rings. The minimum Gasteiger partial charge on any atom is -0.488 e. The summed E-state index contributed by atoms with van der Waals surface area (Å²) in [5, 5.41) is 8.80. The fourth-order valence-corrected chi connectivity index (χ4v) is 4.53. The van der Waals surface area contributed by atoms with E-state index in [4.69, 9.17) is 15.2 Å². The molecule has 1 fully saturated rings. The number of methoxy groups -OCH3 is 1. The van der Waals surface area contributed by atoms with Crippen LogP contribution in [0.5, 0.6) is 5.75 Å². The molecule has 4 heterocycles. The molecule has 39 heavy (non-hydrogen) atoms. The summed E-state index contributed by atoms with van der Waals surface area (Å²) in [7, 11) is 1.53. The summed E-state index contributed by atoms with van der Waals surface area (Å²) in [4.78, 5) is 5.93. The molecule has 2 N–H and O–H groups in total. The molecule has 0 saturated carbocycles. The Kier molecular flexibility index (Phi) is 9.60. The molecule has 8 nitrogen and oxygen atoms in total. The zero-order chi connectivity index (χ0) is 26.3. The Balaban J connectivity index is 0.00000210. The first-order valence-corrected chi connectivity index (χ1v) is 11.8. The van der Waals surface area contributed by atoms with Crippen molar-refractivity contribution in [3.05, 3.63) is 54.0 Å². The van der Waals surface area contributed by atoms with E-state index in [1.165, 1.54) is 46.9 Å². The molecule has 1 saturated heterocycles. The standard InChI is InChI=1S/C25H26F4N6O2.2ClH/c1-14(36-2)13-37-21-10-20-15(9-18(21)26)3-5-19(31-20)24-33-32-22-6-4-16(11-35(22)24)23(25(27,28)29)34-8-7-17(30)12-34;;/h3-6,9-11,14,17,23H,7-8,12-13,30H2,1-2H3;2*1H/t14-,17+,23-;;/m1../s1. The van der Waals surface area contributed by atoms with Crippen molar-refractivity contribution in [2.75, 3.05) is 26.8 Å². The minimum absolute atomic E-state index is 0. The number of ether oxygens (including phenoxy) is 2. The number of aromatic nitrogens is 4. The molecule has 0 amide bonds. The molecular weight excluding hydrogens is 563 g/mol. The molecule has 3 atom stereocenters. The third kappa shape index (κ3) is 6.36. The van der Waals surface area contributed by atoms with E-state index in [1.807, 2.05) is 0 Å². The van der Waals surface area contributed by atoms with E-state index in [0.717, 1.165) is 0 Å². The van der Waals surface area contributed by atoms with Gasteiger partial charge in [0, 0.05) is 43.9 Å². The summed E-state index contributed by atoms with van der Waals surface area (Å²) in [6.45, 7) is 2.36. The summed E-state index contributed by atoms with van der Waals surface area (Å²) in [5.74, 6) is -0.258. The molecule has 0 bridgehead atoms. The fourth-order valence-electron chi connectivity index (χ4n) is 4.53. The highest BCUT2D eigenvalue weighted by Crippen LogP contribution is 2.39. The highest BCUT2D eigenvalue weighted by atomic mass is 35.5. The largest absolute Gasteiger partial charge is 0.488 e. The Labute approximate surface area is 234 Å². The van der Waals surface area contributed by atoms with E-state index in [9.17, 15) is 17.6 Å². The molecule has 5 rings (SSSR count). The molecule has 0 unspecified atom stereocenters. The maximum atomic E-state index is 14.5. The SMILES string of the molecule is CO[C@H](C)COc1cc2nc(-c3nnc4ccc([C@@H](N5CC[C@H](N)C5)C(F)(F)F)cn34)ccc2cc1F.Cl.Cl. The Hall–Kier alpha value is -2.77. The number of halogens is 6. The second kappa shape index (κ2) is 12.2. The van der Waals surface area contributed by atoms with Crippen molar-refractivity contribution in [2.24, 2.45) is 5.73 Å². The van der Waals surface area contributed by atoms with Gasteiger partial charge in [-0.1, -0.05) is 12.1 Å². The molecule has 14 heteroatoms. The third-order valence-corrected chi connectivity index (χ3v) is 6.52. The smallest absolute Gasteiger partial charge is 0.408 e. The number of alkyl halides is 3. The molecule has 1 aliphatic heterocycles. The summed E-state index contributed by atoms with van der Waals surface area (Å²) in [6, 6.07) is 6.89. The molecular formula is C25H28Cl2F4N6O2. The predicted molar refractivity (Wildman–Crippen MR) is 143 cm³/mol. The van der Waals surface area contributed by atoms with Gasteiger partial charge in [0.1, 0.15) is 18.3 Å². The van der Waals surface area contributed by atoms with Crippen LogP contribution in [-0.2, 0) is 4.74 Å². The Morgan fingerprint density at radius 2 is 1.90 bits per heavy atom. The van der Waals surface area contributed by atoms with Crippen LogP contribution in [0.1, 0.15) is 24.9 Å². The van der Waals surface area contributed by atoms with Crippen LogP contribution in [0.3, 0.4) is 0 Å². The van der Waals surface area contributed by atoms with Crippen molar-refractivity contribution in [3.8, 4) is 17.3 Å². The molecule has 212 valence electrons. The molecule has 0 radical (unpaired) electrons. The van der Waals surface area contributed by atoms with Crippen molar-refractivity contribution in [2.45, 2.75) is 37.7 Å². The summed E-state index contributed by atoms with van der Waals surface area (Å²) < 4.78 is 69.0. The van der Waals surface area contributed by atoms with Gasteiger partial charge in [0.25, 0.3) is 0 Å². The second-order valence-corrected chi connectivity index (χ2v) is 9.23. The highest BCUT2D eigenvalue weighted by molar-refractivity contribution is 5.85. The zero-order valence-electron chi connectivity index (χ0n) is 21.1. The molecule has 0 spiro atoms. The van der Waals surface area contributed by atoms with E-state index < -0.39 is 18.0 Å². The number of benzene rings is 1. The first kappa shape index (κ1) is 30.8. The van der Waals surface area contributed by atoms with Gasteiger partial charge in [0.2, 0.25) is 0 Å². The van der Waals surface area contributed by atoms with Gasteiger partial charge in [0.15, 0.2) is 23.0 Å². The quantitative estimate of drug-likeness (QED) is 0.304. The lowest BCUT2D eigenvalue weighted by Crippen LogP contribution is -2.38. The molecule has 1 aromatic carbocycles. The second-order valence-electron chi connectivity index (χ2n) is 9.23. The number of pyridine rings is 2. The van der Waals surface area contributed by atoms with Crippen molar-refractivity contribution < 1.29 is 27.0 Å². The Bertz CT molecular complexity index is 1440. The van der Waals surface area contributed by atoms with Gasteiger partial charge in [-0.05, 0) is 37.1 Å². The lowest BCUT2D eigenvalue weighted by molar-refractivity contribution is -0.183. The van der Waals surface area contributed by atoms with Gasteiger partial charge in [-0.15, -0.1) is 35.0 Å². The predicted octanol–water partition coefficient (Wildman–Crippen LogP) is 4.98. The van der Waals surface area contributed by atoms with Crippen LogP contribution in [0, 0.1) is 5.82 Å². The number of hydrogen-bond acceptors (Lipinski definition) is 7. The monoisotopic (exact) mass is 590 g/mol. The van der Waals surface area contributed by atoms with Crippen molar-refractivity contribution in [1.29, 1.82) is 0 Å². The van der Waals surface area contributed by atoms with Crippen molar-refractivity contribution >= 4 is 41.4 Å². The Morgan fingerprint density at radius 1 is 1.13 bits per heavy atom. The average molecular weight is 591 g/mol. The highest BCUT2D eigenvalue weighted by Gasteiger charge is 2.46. The summed E-state index contributed by atoms with van der Waals surface area (Å²) in [5.41, 5.74) is 7.12. The third-order valence-electron chi connectivity index (χ3n) is 6.52. The molecule has 0 aliphatic carbocycles. The molecule has 4 aromatic rings. The fraction of sp³-hybridized carbons (Fsp3) is 0.400. The van der Waals surface area contributed by atoms with Crippen LogP contribution in [-0.4, -0.2) is 69.6 Å². The van der Waals surface area contributed by atoms with Crippen LogP contribution in [0.15, 0.2) is 42.6 Å². The van der Waals surface area contributed by atoms with Gasteiger partial charge in [-0.3, -0.25) is 9.30 Å². The first-order valence-electron chi connectivity index (χ1n) is 11.8. The van der Waals surface area contributed by atoms with Gasteiger partial charge < -0.3 is 15.2 Å². The lowest BCUT2D eigenvalue weighted by Gasteiger charge is -2.30. The van der Waals surface area contributed by atoms with Crippen LogP contribution >= 0.6 is 24.8 Å². The summed E-state index contributed by atoms with van der Waals surface area (Å²) in [6.07, 6.45) is -2.83. The number of hydrogen-bond donors (Lipinski definition) is 1. The number of likely N-dealkylation sites (tertiary alicyclic amines) is 1. The maximum absolute atomic E-state index is 14.5. The zero-order valence-corrected chi connectivity index (χ0v) is 22.7. The van der Waals surface area contributed by atoms with Crippen molar-refractivity contribution in [1.82, 2.24) is 24.5 Å². The van der Waals surface area contributed by atoms with Crippen LogP contribution in [0.2, 0.25) is 0 Å². The number of rotatable bonds is 7. The molecule has 3 aromatic heterocycles. The van der Waals surface area contributed by atoms with Crippen LogP contribution in [0.25, 0.3) is 28.1 Å². The lowest BCUT2D eigenvalue weighted by atomic mass is 10.1. The van der Waals surface area contributed by atoms with E-state index in [2.05, 4.69) is 15.2 Å². The topological polar surface area (TPSA) is 90.8 Å². The van der Waals surface area contributed by atoms with Gasteiger partial charge in [0.05, 0.1) is 11.6 Å². The van der Waals surface area contributed by atoms with Crippen LogP contribution in [0.4, 0.5) is 17.6 Å². The van der Waals surface area contributed by atoms with E-state index in [1.54, 1.807) is 19.1 Å².